The van der Waals surface area contributed by atoms with E-state index in [1.807, 2.05) is 35.7 Å². The number of para-hydroxylation sites is 1. The molecule has 1 unspecified atom stereocenters. The lowest BCUT2D eigenvalue weighted by molar-refractivity contribution is -0.115. The Bertz CT molecular complexity index is 912. The number of thiazole rings is 1. The van der Waals surface area contributed by atoms with Crippen molar-refractivity contribution in [2.45, 2.75) is 24.3 Å². The quantitative estimate of drug-likeness (QED) is 0.594. The van der Waals surface area contributed by atoms with Crippen molar-refractivity contribution < 1.29 is 4.79 Å². The van der Waals surface area contributed by atoms with E-state index in [1.165, 1.54) is 23.2 Å². The third kappa shape index (κ3) is 4.26. The lowest BCUT2D eigenvalue weighted by atomic mass is 10.1. The van der Waals surface area contributed by atoms with Gasteiger partial charge in [0.05, 0.1) is 6.54 Å². The van der Waals surface area contributed by atoms with Crippen LogP contribution < -0.4 is 14.9 Å². The Labute approximate surface area is 167 Å². The van der Waals surface area contributed by atoms with Gasteiger partial charge in [-0.05, 0) is 61.2 Å². The van der Waals surface area contributed by atoms with Crippen molar-refractivity contribution in [2.24, 2.45) is 0 Å². The molecule has 4 rings (SSSR count). The van der Waals surface area contributed by atoms with Crippen molar-refractivity contribution in [3.05, 3.63) is 65.7 Å². The number of hydrogen-bond acceptors (Lipinski definition) is 6. The zero-order valence-electron chi connectivity index (χ0n) is 14.9. The van der Waals surface area contributed by atoms with Gasteiger partial charge < -0.3 is 14.9 Å². The number of rotatable bonds is 6. The van der Waals surface area contributed by atoms with Gasteiger partial charge in [-0.1, -0.05) is 18.2 Å². The first-order valence-electron chi connectivity index (χ1n) is 8.76. The number of carbonyl (C=O) groups excluding carboxylic acids is 1. The Morgan fingerprint density at radius 2 is 2.07 bits per heavy atom. The number of aromatic nitrogens is 1. The molecule has 1 atom stereocenters. The van der Waals surface area contributed by atoms with Crippen molar-refractivity contribution in [3.63, 3.8) is 0 Å². The van der Waals surface area contributed by atoms with Crippen molar-refractivity contribution >= 4 is 45.7 Å². The van der Waals surface area contributed by atoms with Crippen LogP contribution in [0.3, 0.4) is 0 Å². The third-order valence-corrected chi connectivity index (χ3v) is 6.11. The Morgan fingerprint density at radius 3 is 2.85 bits per heavy atom. The summed E-state index contributed by atoms with van der Waals surface area (Å²) in [4.78, 5) is 19.9. The molecule has 3 aromatic rings. The predicted molar refractivity (Wildman–Crippen MR) is 114 cm³/mol. The summed E-state index contributed by atoms with van der Waals surface area (Å²) < 4.78 is 3.19. The second-order valence-corrected chi connectivity index (χ2v) is 8.20. The van der Waals surface area contributed by atoms with Gasteiger partial charge in [0.25, 0.3) is 0 Å². The molecule has 2 heterocycles. The van der Waals surface area contributed by atoms with Crippen LogP contribution in [0.25, 0.3) is 0 Å². The summed E-state index contributed by atoms with van der Waals surface area (Å²) in [5.41, 5.74) is 3.28. The van der Waals surface area contributed by atoms with Gasteiger partial charge in [-0.2, -0.15) is 0 Å². The summed E-state index contributed by atoms with van der Waals surface area (Å²) in [7, 11) is 0. The summed E-state index contributed by atoms with van der Waals surface area (Å²) in [6, 6.07) is 16.5. The van der Waals surface area contributed by atoms with Crippen LogP contribution in [-0.2, 0) is 11.2 Å². The Morgan fingerprint density at radius 1 is 1.26 bits per heavy atom. The largest absolute Gasteiger partial charge is 0.359 e. The normalized spacial score (nSPS) is 15.4. The minimum atomic E-state index is -0.000123. The number of anilines is 3. The topological polar surface area (TPSA) is 57.3 Å². The minimum absolute atomic E-state index is 0.000123. The molecule has 0 spiro atoms. The fourth-order valence-electron chi connectivity index (χ4n) is 3.21. The van der Waals surface area contributed by atoms with Crippen molar-refractivity contribution in [1.29, 1.82) is 0 Å². The van der Waals surface area contributed by atoms with Crippen LogP contribution in [-0.4, -0.2) is 23.5 Å². The van der Waals surface area contributed by atoms with Crippen LogP contribution in [0, 0.1) is 0 Å². The molecule has 0 bridgehead atoms. The summed E-state index contributed by atoms with van der Waals surface area (Å²) in [6.07, 6.45) is 2.76. The number of fused-ring (bicyclic) bond motifs is 1. The highest BCUT2D eigenvalue weighted by atomic mass is 32.2. The van der Waals surface area contributed by atoms with E-state index in [-0.39, 0.29) is 5.91 Å². The maximum atomic E-state index is 12.5. The highest BCUT2D eigenvalue weighted by molar-refractivity contribution is 8.00. The molecule has 1 aromatic heterocycles. The number of carbonyl (C=O) groups is 1. The van der Waals surface area contributed by atoms with Crippen molar-refractivity contribution in [3.8, 4) is 0 Å². The second kappa shape index (κ2) is 8.02. The molecule has 0 radical (unpaired) electrons. The molecule has 27 heavy (non-hydrogen) atoms. The molecule has 0 saturated heterocycles. The van der Waals surface area contributed by atoms with Crippen LogP contribution in [0.2, 0.25) is 0 Å². The van der Waals surface area contributed by atoms with Crippen LogP contribution in [0.1, 0.15) is 12.5 Å². The molecule has 1 amide bonds. The maximum absolute atomic E-state index is 12.5. The Balaban J connectivity index is 1.33. The number of nitrogens with one attached hydrogen (secondary N) is 2. The summed E-state index contributed by atoms with van der Waals surface area (Å²) in [6.45, 7) is 2.52. The van der Waals surface area contributed by atoms with Gasteiger partial charge in [0, 0.05) is 33.9 Å². The molecule has 0 aliphatic carbocycles. The molecule has 138 valence electrons. The maximum Gasteiger partial charge on any atom is 0.243 e. The van der Waals surface area contributed by atoms with E-state index in [1.54, 1.807) is 17.5 Å². The smallest absolute Gasteiger partial charge is 0.243 e. The Hall–Kier alpha value is -2.51. The second-order valence-electron chi connectivity index (χ2n) is 6.42. The molecular weight excluding hydrogens is 376 g/mol. The fourth-order valence-corrected chi connectivity index (χ4v) is 4.43. The molecule has 0 fully saturated rings. The third-order valence-electron chi connectivity index (χ3n) is 4.49. The monoisotopic (exact) mass is 396 g/mol. The van der Waals surface area contributed by atoms with Gasteiger partial charge in [-0.15, -0.1) is 11.3 Å². The lowest BCUT2D eigenvalue weighted by Gasteiger charge is -2.24. The van der Waals surface area contributed by atoms with Gasteiger partial charge in [0.1, 0.15) is 0 Å². The SMILES string of the molecule is CC1Cc2ccccc2N1CC(=O)Nc1ccc(SNc2nccs2)cc1. The number of nitrogens with zero attached hydrogens (tertiary/aromatic N) is 2. The summed E-state index contributed by atoms with van der Waals surface area (Å²) in [5, 5.41) is 5.80. The fraction of sp³-hybridized carbons (Fsp3) is 0.200. The van der Waals surface area contributed by atoms with Crippen LogP contribution >= 0.6 is 23.3 Å². The lowest BCUT2D eigenvalue weighted by Crippen LogP contribution is -2.37. The first-order chi connectivity index (χ1) is 13.2. The van der Waals surface area contributed by atoms with Gasteiger partial charge in [-0.25, -0.2) is 4.98 Å². The molecule has 7 heteroatoms. The molecular formula is C20H20N4OS2. The number of amides is 1. The van der Waals surface area contributed by atoms with E-state index in [9.17, 15) is 4.79 Å². The molecule has 1 aliphatic heterocycles. The van der Waals surface area contributed by atoms with Crippen molar-refractivity contribution in [2.75, 3.05) is 21.5 Å². The van der Waals surface area contributed by atoms with Gasteiger partial charge in [0.15, 0.2) is 5.13 Å². The molecule has 5 nitrogen and oxygen atoms in total. The van der Waals surface area contributed by atoms with E-state index in [0.29, 0.717) is 12.6 Å². The zero-order chi connectivity index (χ0) is 18.6. The summed E-state index contributed by atoms with van der Waals surface area (Å²) in [5.74, 6) is -0.000123. The number of benzene rings is 2. The summed E-state index contributed by atoms with van der Waals surface area (Å²) >= 11 is 3.06. The van der Waals surface area contributed by atoms with E-state index >= 15 is 0 Å². The van der Waals surface area contributed by atoms with E-state index in [0.717, 1.165) is 22.1 Å². The minimum Gasteiger partial charge on any atom is -0.359 e. The predicted octanol–water partition coefficient (Wildman–Crippen LogP) is 4.65. The van der Waals surface area contributed by atoms with E-state index in [4.69, 9.17) is 0 Å². The Kier molecular flexibility index (Phi) is 5.31. The number of hydrogen-bond donors (Lipinski definition) is 2. The van der Waals surface area contributed by atoms with E-state index in [2.05, 4.69) is 45.0 Å². The molecule has 0 saturated carbocycles. The van der Waals surface area contributed by atoms with Gasteiger partial charge >= 0.3 is 0 Å². The average Bonchev–Trinajstić information content (AvgIpc) is 3.30. The van der Waals surface area contributed by atoms with Crippen molar-refractivity contribution in [1.82, 2.24) is 4.98 Å². The molecule has 2 aromatic carbocycles. The average molecular weight is 397 g/mol. The highest BCUT2D eigenvalue weighted by Crippen LogP contribution is 2.31. The zero-order valence-corrected chi connectivity index (χ0v) is 16.5. The molecule has 2 N–H and O–H groups in total. The first kappa shape index (κ1) is 17.9. The molecule has 1 aliphatic rings. The first-order valence-corrected chi connectivity index (χ1v) is 10.5. The standard InChI is InChI=1S/C20H20N4OS2/c1-14-12-15-4-2-3-5-18(15)24(14)13-19(25)22-16-6-8-17(9-7-16)27-23-20-21-10-11-26-20/h2-11,14H,12-13H2,1H3,(H,21,23)(H,22,25). The van der Waals surface area contributed by atoms with Crippen LogP contribution in [0.5, 0.6) is 0 Å². The highest BCUT2D eigenvalue weighted by Gasteiger charge is 2.26. The van der Waals surface area contributed by atoms with E-state index < -0.39 is 0 Å². The van der Waals surface area contributed by atoms with Crippen LogP contribution in [0.15, 0.2) is 65.0 Å². The van der Waals surface area contributed by atoms with Gasteiger partial charge in [0.2, 0.25) is 5.91 Å². The van der Waals surface area contributed by atoms with Crippen LogP contribution in [0.4, 0.5) is 16.5 Å². The van der Waals surface area contributed by atoms with Gasteiger partial charge in [-0.3, -0.25) is 4.79 Å².